The summed E-state index contributed by atoms with van der Waals surface area (Å²) in [6.07, 6.45) is 1.43. The number of rotatable bonds is 2. The van der Waals surface area contributed by atoms with E-state index in [1.54, 1.807) is 57.2 Å². The molecule has 1 aliphatic rings. The summed E-state index contributed by atoms with van der Waals surface area (Å²) in [5, 5.41) is 12.1. The molecule has 2 N–H and O–H groups in total. The number of aromatic hydroxyl groups is 1. The summed E-state index contributed by atoms with van der Waals surface area (Å²) in [7, 11) is 0. The fourth-order valence-electron chi connectivity index (χ4n) is 2.93. The number of phenolic OH excluding ortho intramolecular Hbond substituents is 1. The average molecular weight is 350 g/mol. The number of para-hydroxylation sites is 1. The van der Waals surface area contributed by atoms with Gasteiger partial charge in [0.2, 0.25) is 0 Å². The molecule has 1 saturated heterocycles. The van der Waals surface area contributed by atoms with E-state index in [4.69, 9.17) is 0 Å². The van der Waals surface area contributed by atoms with Gasteiger partial charge in [0.1, 0.15) is 11.3 Å². The molecule has 0 radical (unpaired) electrons. The molecule has 0 atom stereocenters. The molecule has 0 spiro atoms. The zero-order valence-electron chi connectivity index (χ0n) is 14.7. The number of hydrogen-bond donors (Lipinski definition) is 2. The summed E-state index contributed by atoms with van der Waals surface area (Å²) in [6, 6.07) is 9.51. The van der Waals surface area contributed by atoms with Crippen LogP contribution in [-0.4, -0.2) is 23.0 Å². The van der Waals surface area contributed by atoms with Crippen LogP contribution in [0.5, 0.6) is 5.75 Å². The molecule has 2 aromatic carbocycles. The average Bonchev–Trinajstić information content (AvgIpc) is 2.58. The molecule has 1 heterocycles. The molecule has 26 heavy (non-hydrogen) atoms. The third-order valence-corrected chi connectivity index (χ3v) is 4.28. The van der Waals surface area contributed by atoms with Crippen molar-refractivity contribution < 1.29 is 19.5 Å². The molecule has 3 rings (SSSR count). The standard InChI is InChI=1S/C20H18N2O4/c1-11-6-4-5-7-16(11)22-19(25)15(18(24)21-20(22)26)10-14-8-12(2)17(23)13(3)9-14/h4-10,23H,1-3H3,(H,21,24,26)/b15-10+. The number of carbonyl (C=O) groups is 3. The maximum Gasteiger partial charge on any atom is 0.335 e. The quantitative estimate of drug-likeness (QED) is 0.644. The van der Waals surface area contributed by atoms with Crippen LogP contribution in [0.25, 0.3) is 6.08 Å². The Morgan fingerprint density at radius 2 is 1.58 bits per heavy atom. The van der Waals surface area contributed by atoms with Crippen molar-refractivity contribution in [2.75, 3.05) is 4.90 Å². The summed E-state index contributed by atoms with van der Waals surface area (Å²) < 4.78 is 0. The lowest BCUT2D eigenvalue weighted by Gasteiger charge is -2.27. The summed E-state index contributed by atoms with van der Waals surface area (Å²) in [5.74, 6) is -1.26. The smallest absolute Gasteiger partial charge is 0.335 e. The van der Waals surface area contributed by atoms with Crippen molar-refractivity contribution in [3.63, 3.8) is 0 Å². The zero-order valence-corrected chi connectivity index (χ0v) is 14.7. The van der Waals surface area contributed by atoms with Crippen molar-refractivity contribution in [1.29, 1.82) is 0 Å². The van der Waals surface area contributed by atoms with Gasteiger partial charge in [0.05, 0.1) is 5.69 Å². The van der Waals surface area contributed by atoms with Gasteiger partial charge in [-0.3, -0.25) is 14.9 Å². The predicted molar refractivity (Wildman–Crippen MR) is 97.8 cm³/mol. The number of aryl methyl sites for hydroxylation is 3. The van der Waals surface area contributed by atoms with Gasteiger partial charge in [-0.25, -0.2) is 9.69 Å². The Morgan fingerprint density at radius 1 is 0.962 bits per heavy atom. The van der Waals surface area contributed by atoms with Crippen molar-refractivity contribution in [1.82, 2.24) is 5.32 Å². The molecule has 0 aliphatic carbocycles. The number of anilines is 1. The molecule has 6 heteroatoms. The number of barbiturate groups is 1. The van der Waals surface area contributed by atoms with Crippen LogP contribution in [0.4, 0.5) is 10.5 Å². The lowest BCUT2D eigenvalue weighted by atomic mass is 10.0. The van der Waals surface area contributed by atoms with E-state index in [0.29, 0.717) is 22.4 Å². The number of imide groups is 2. The van der Waals surface area contributed by atoms with Crippen LogP contribution in [0.3, 0.4) is 0 Å². The van der Waals surface area contributed by atoms with Crippen LogP contribution in [0.1, 0.15) is 22.3 Å². The minimum Gasteiger partial charge on any atom is -0.507 e. The first-order chi connectivity index (χ1) is 12.3. The van der Waals surface area contributed by atoms with E-state index >= 15 is 0 Å². The molecule has 132 valence electrons. The summed E-state index contributed by atoms with van der Waals surface area (Å²) in [6.45, 7) is 5.24. The normalized spacial score (nSPS) is 16.2. The first-order valence-corrected chi connectivity index (χ1v) is 8.07. The predicted octanol–water partition coefficient (Wildman–Crippen LogP) is 2.98. The maximum atomic E-state index is 12.9. The number of carbonyl (C=O) groups excluding carboxylic acids is 3. The fourth-order valence-corrected chi connectivity index (χ4v) is 2.93. The van der Waals surface area contributed by atoms with E-state index in [9.17, 15) is 19.5 Å². The van der Waals surface area contributed by atoms with Crippen molar-refractivity contribution in [2.45, 2.75) is 20.8 Å². The molecule has 6 nitrogen and oxygen atoms in total. The number of urea groups is 1. The molecular formula is C20H18N2O4. The highest BCUT2D eigenvalue weighted by Crippen LogP contribution is 2.27. The summed E-state index contributed by atoms with van der Waals surface area (Å²) in [5.41, 5.74) is 2.87. The van der Waals surface area contributed by atoms with Crippen molar-refractivity contribution in [2.24, 2.45) is 0 Å². The Morgan fingerprint density at radius 3 is 2.19 bits per heavy atom. The molecule has 4 amide bonds. The Hall–Kier alpha value is -3.41. The monoisotopic (exact) mass is 350 g/mol. The molecular weight excluding hydrogens is 332 g/mol. The van der Waals surface area contributed by atoms with Crippen molar-refractivity contribution >= 4 is 29.6 Å². The van der Waals surface area contributed by atoms with Gasteiger partial charge in [0.15, 0.2) is 0 Å². The van der Waals surface area contributed by atoms with Crippen LogP contribution in [0, 0.1) is 20.8 Å². The number of benzene rings is 2. The van der Waals surface area contributed by atoms with Crippen LogP contribution in [0.2, 0.25) is 0 Å². The Balaban J connectivity index is 2.07. The molecule has 0 saturated carbocycles. The first-order valence-electron chi connectivity index (χ1n) is 8.07. The van der Waals surface area contributed by atoms with Gasteiger partial charge in [-0.15, -0.1) is 0 Å². The zero-order chi connectivity index (χ0) is 19.0. The van der Waals surface area contributed by atoms with Gasteiger partial charge >= 0.3 is 6.03 Å². The second-order valence-corrected chi connectivity index (χ2v) is 6.25. The summed E-state index contributed by atoms with van der Waals surface area (Å²) >= 11 is 0. The maximum absolute atomic E-state index is 12.9. The number of hydrogen-bond acceptors (Lipinski definition) is 4. The first kappa shape index (κ1) is 17.4. The number of amides is 4. The number of nitrogens with zero attached hydrogens (tertiary/aromatic N) is 1. The van der Waals surface area contributed by atoms with Gasteiger partial charge in [-0.2, -0.15) is 0 Å². The molecule has 2 aromatic rings. The SMILES string of the molecule is Cc1ccccc1N1C(=O)NC(=O)/C(=C\c2cc(C)c(O)c(C)c2)C1=O. The van der Waals surface area contributed by atoms with E-state index in [2.05, 4.69) is 5.32 Å². The van der Waals surface area contributed by atoms with E-state index in [0.717, 1.165) is 10.5 Å². The van der Waals surface area contributed by atoms with E-state index in [-0.39, 0.29) is 11.3 Å². The van der Waals surface area contributed by atoms with E-state index in [1.165, 1.54) is 6.08 Å². The highest BCUT2D eigenvalue weighted by atomic mass is 16.3. The highest BCUT2D eigenvalue weighted by Gasteiger charge is 2.37. The van der Waals surface area contributed by atoms with Crippen LogP contribution in [-0.2, 0) is 9.59 Å². The lowest BCUT2D eigenvalue weighted by Crippen LogP contribution is -2.54. The van der Waals surface area contributed by atoms with E-state index in [1.807, 2.05) is 0 Å². The highest BCUT2D eigenvalue weighted by molar-refractivity contribution is 6.39. The second-order valence-electron chi connectivity index (χ2n) is 6.25. The van der Waals surface area contributed by atoms with Crippen molar-refractivity contribution in [3.05, 3.63) is 64.2 Å². The van der Waals surface area contributed by atoms with Gasteiger partial charge < -0.3 is 5.11 Å². The molecule has 0 unspecified atom stereocenters. The third kappa shape index (κ3) is 2.97. The number of phenols is 1. The molecule has 0 bridgehead atoms. The Labute approximate surface area is 150 Å². The van der Waals surface area contributed by atoms with Gasteiger partial charge in [0, 0.05) is 0 Å². The Bertz CT molecular complexity index is 953. The topological polar surface area (TPSA) is 86.7 Å². The molecule has 1 fully saturated rings. The van der Waals surface area contributed by atoms with Crippen LogP contribution < -0.4 is 10.2 Å². The lowest BCUT2D eigenvalue weighted by molar-refractivity contribution is -0.122. The van der Waals surface area contributed by atoms with Crippen LogP contribution >= 0.6 is 0 Å². The minimum atomic E-state index is -0.774. The third-order valence-electron chi connectivity index (χ3n) is 4.28. The van der Waals surface area contributed by atoms with Gasteiger partial charge in [0.25, 0.3) is 11.8 Å². The van der Waals surface area contributed by atoms with Crippen LogP contribution in [0.15, 0.2) is 42.0 Å². The minimum absolute atomic E-state index is 0.141. The van der Waals surface area contributed by atoms with Gasteiger partial charge in [-0.1, -0.05) is 18.2 Å². The second kappa shape index (κ2) is 6.48. The number of nitrogens with one attached hydrogen (secondary N) is 1. The molecule has 1 aliphatic heterocycles. The largest absolute Gasteiger partial charge is 0.507 e. The fraction of sp³-hybridized carbons (Fsp3) is 0.150. The Kier molecular flexibility index (Phi) is 4.34. The van der Waals surface area contributed by atoms with E-state index < -0.39 is 17.8 Å². The van der Waals surface area contributed by atoms with Crippen molar-refractivity contribution in [3.8, 4) is 5.75 Å². The molecule has 0 aromatic heterocycles. The van der Waals surface area contributed by atoms with Gasteiger partial charge in [-0.05, 0) is 67.3 Å². The summed E-state index contributed by atoms with van der Waals surface area (Å²) in [4.78, 5) is 38.3.